The number of nitrogens with two attached hydrogens (primary N) is 1. The van der Waals surface area contributed by atoms with Crippen LogP contribution in [-0.2, 0) is 19.0 Å². The molecule has 0 spiro atoms. The molecule has 3 atom stereocenters. The number of nitrogens with one attached hydrogen (secondary N) is 1. The molecule has 0 aromatic rings. The molecule has 3 N–H and O–H groups in total. The molecule has 0 fully saturated rings. The fraction of sp³-hybridized carbons (Fsp3) is 0.531. The quantitative estimate of drug-likeness (QED) is 0.217. The maximum atomic E-state index is 15.2. The molecule has 0 aromatic carbocycles. The van der Waals surface area contributed by atoms with E-state index in [-0.39, 0.29) is 29.9 Å². The van der Waals surface area contributed by atoms with Crippen LogP contribution in [-0.4, -0.2) is 62.5 Å². The van der Waals surface area contributed by atoms with Gasteiger partial charge in [-0.3, -0.25) is 4.79 Å². The van der Waals surface area contributed by atoms with Crippen molar-refractivity contribution in [2.75, 3.05) is 33.5 Å². The van der Waals surface area contributed by atoms with Gasteiger partial charge in [-0.15, -0.1) is 0 Å². The van der Waals surface area contributed by atoms with E-state index in [1.54, 1.807) is 13.2 Å². The molecule has 2 aliphatic carbocycles. The Morgan fingerprint density at radius 3 is 2.70 bits per heavy atom. The molecule has 1 heterocycles. The first-order valence-electron chi connectivity index (χ1n) is 14.5. The number of likely N-dealkylation sites (N-methyl/N-ethyl adjacent to an activating group) is 1. The second-order valence-corrected chi connectivity index (χ2v) is 10.3. The number of nitrogens with zero attached hydrogens (tertiary/aromatic N) is 1. The van der Waals surface area contributed by atoms with Gasteiger partial charge in [-0.2, -0.15) is 0 Å². The standard InChI is InChI=1S/C32H46FN3O4/c1-5-18-40-28(22-38-6-2)16-19-39-20-17-31-30(34)21-29(33)32(36(31)4)26-9-7-8-24(10-11-26)25-12-14-27(15-13-25)35-23(3)37/h8-12,17,20-21,27-28,31H,5-7,13-16,18-19,22,34H2,1-4H3,(H,35,37)/b20-17+/t27?,28-,31?/m1/s1. The number of halogens is 1. The number of rotatable bonds is 14. The molecule has 1 amide bonds. The Balaban J connectivity index is 1.60. The maximum Gasteiger partial charge on any atom is 0.217 e. The van der Waals surface area contributed by atoms with Gasteiger partial charge in [-0.1, -0.05) is 37.3 Å². The van der Waals surface area contributed by atoms with Gasteiger partial charge in [-0.25, -0.2) is 4.39 Å². The van der Waals surface area contributed by atoms with Gasteiger partial charge in [0.1, 0.15) is 5.83 Å². The molecule has 0 aromatic heterocycles. The summed E-state index contributed by atoms with van der Waals surface area (Å²) in [5.74, 6) is -0.347. The summed E-state index contributed by atoms with van der Waals surface area (Å²) in [6.45, 7) is 7.98. The minimum Gasteiger partial charge on any atom is -0.501 e. The van der Waals surface area contributed by atoms with Crippen LogP contribution in [0.1, 0.15) is 59.3 Å². The lowest BCUT2D eigenvalue weighted by molar-refractivity contribution is -0.119. The van der Waals surface area contributed by atoms with E-state index in [0.29, 0.717) is 50.7 Å². The van der Waals surface area contributed by atoms with Gasteiger partial charge in [-0.05, 0) is 67.9 Å². The number of ether oxygens (including phenoxy) is 3. The fourth-order valence-electron chi connectivity index (χ4n) is 5.12. The van der Waals surface area contributed by atoms with E-state index < -0.39 is 0 Å². The van der Waals surface area contributed by atoms with Crippen molar-refractivity contribution >= 4 is 5.91 Å². The third-order valence-corrected chi connectivity index (χ3v) is 7.19. The Hall–Kier alpha value is -3.10. The largest absolute Gasteiger partial charge is 0.501 e. The number of amides is 1. The highest BCUT2D eigenvalue weighted by molar-refractivity contribution is 5.73. The van der Waals surface area contributed by atoms with Crippen LogP contribution < -0.4 is 11.1 Å². The summed E-state index contributed by atoms with van der Waals surface area (Å²) >= 11 is 0. The number of hydrogen-bond acceptors (Lipinski definition) is 6. The van der Waals surface area contributed by atoms with Crippen molar-refractivity contribution in [3.63, 3.8) is 0 Å². The average molecular weight is 556 g/mol. The van der Waals surface area contributed by atoms with Crippen molar-refractivity contribution in [2.24, 2.45) is 5.73 Å². The maximum absolute atomic E-state index is 15.2. The second-order valence-electron chi connectivity index (χ2n) is 10.3. The van der Waals surface area contributed by atoms with Crippen LogP contribution in [0.25, 0.3) is 0 Å². The Bertz CT molecular complexity index is 1080. The summed E-state index contributed by atoms with van der Waals surface area (Å²) in [7, 11) is 1.85. The minimum atomic E-state index is -0.355. The molecule has 0 saturated heterocycles. The lowest BCUT2D eigenvalue weighted by Gasteiger charge is -2.34. The van der Waals surface area contributed by atoms with Gasteiger partial charge < -0.3 is 30.2 Å². The molecule has 2 unspecified atom stereocenters. The first kappa shape index (κ1) is 31.4. The van der Waals surface area contributed by atoms with Crippen LogP contribution in [0, 0.1) is 0 Å². The first-order chi connectivity index (χ1) is 19.3. The zero-order valence-electron chi connectivity index (χ0n) is 24.5. The van der Waals surface area contributed by atoms with Crippen LogP contribution in [0.2, 0.25) is 0 Å². The Kier molecular flexibility index (Phi) is 12.8. The number of allylic oxidation sites excluding steroid dienone is 8. The minimum absolute atomic E-state index is 0.00489. The average Bonchev–Trinajstić information content (AvgIpc) is 3.17. The molecule has 220 valence electrons. The van der Waals surface area contributed by atoms with Crippen LogP contribution in [0.15, 0.2) is 82.7 Å². The van der Waals surface area contributed by atoms with E-state index in [1.165, 1.54) is 11.6 Å². The lowest BCUT2D eigenvalue weighted by atomic mass is 9.90. The summed E-state index contributed by atoms with van der Waals surface area (Å²) in [5.41, 5.74) is 10.4. The summed E-state index contributed by atoms with van der Waals surface area (Å²) in [4.78, 5) is 13.2. The summed E-state index contributed by atoms with van der Waals surface area (Å²) in [6.07, 6.45) is 20.4. The smallest absolute Gasteiger partial charge is 0.217 e. The molecule has 40 heavy (non-hydrogen) atoms. The molecule has 7 nitrogen and oxygen atoms in total. The zero-order chi connectivity index (χ0) is 28.9. The van der Waals surface area contributed by atoms with Crippen LogP contribution >= 0.6 is 0 Å². The summed E-state index contributed by atoms with van der Waals surface area (Å²) in [5, 5.41) is 3.00. The molecule has 3 rings (SSSR count). The van der Waals surface area contributed by atoms with E-state index in [0.717, 1.165) is 36.8 Å². The highest BCUT2D eigenvalue weighted by Gasteiger charge is 2.27. The van der Waals surface area contributed by atoms with Gasteiger partial charge in [0.05, 0.1) is 37.3 Å². The molecule has 8 heteroatoms. The Labute approximate surface area is 239 Å². The van der Waals surface area contributed by atoms with Crippen molar-refractivity contribution in [3.05, 3.63) is 82.7 Å². The summed E-state index contributed by atoms with van der Waals surface area (Å²) in [6, 6.07) is -0.139. The molecular formula is C32H46FN3O4. The SMILES string of the molecule is CCCO[C@H](CCO/C=C/C1C(N)=CC(F)=C(C2=CCC=C(C3=CCC(NC(C)=O)CC3)C=C2)N1C)COCC. The first-order valence-corrected chi connectivity index (χ1v) is 14.5. The number of hydrogen-bond donors (Lipinski definition) is 2. The normalized spacial score (nSPS) is 22.4. The van der Waals surface area contributed by atoms with E-state index in [1.807, 2.05) is 37.1 Å². The Morgan fingerprint density at radius 1 is 1.23 bits per heavy atom. The molecule has 0 radical (unpaired) electrons. The third-order valence-electron chi connectivity index (χ3n) is 7.19. The van der Waals surface area contributed by atoms with Crippen LogP contribution in [0.4, 0.5) is 4.39 Å². The number of carbonyl (C=O) groups is 1. The van der Waals surface area contributed by atoms with Gasteiger partial charge in [0.15, 0.2) is 0 Å². The topological polar surface area (TPSA) is 86.1 Å². The van der Waals surface area contributed by atoms with E-state index in [4.69, 9.17) is 19.9 Å². The van der Waals surface area contributed by atoms with E-state index in [2.05, 4.69) is 30.5 Å². The second kappa shape index (κ2) is 16.2. The van der Waals surface area contributed by atoms with Crippen molar-refractivity contribution in [3.8, 4) is 0 Å². The fourth-order valence-corrected chi connectivity index (χ4v) is 5.12. The molecule has 1 aliphatic heterocycles. The van der Waals surface area contributed by atoms with Crippen LogP contribution in [0.3, 0.4) is 0 Å². The van der Waals surface area contributed by atoms with Gasteiger partial charge in [0.25, 0.3) is 0 Å². The molecule has 0 saturated carbocycles. The van der Waals surface area contributed by atoms with E-state index >= 15 is 4.39 Å². The summed E-state index contributed by atoms with van der Waals surface area (Å²) < 4.78 is 32.4. The van der Waals surface area contributed by atoms with Crippen molar-refractivity contribution in [1.29, 1.82) is 0 Å². The van der Waals surface area contributed by atoms with Crippen molar-refractivity contribution in [2.45, 2.75) is 77.5 Å². The van der Waals surface area contributed by atoms with Crippen LogP contribution in [0.5, 0.6) is 0 Å². The van der Waals surface area contributed by atoms with Gasteiger partial charge in [0, 0.05) is 45.3 Å². The van der Waals surface area contributed by atoms with E-state index in [9.17, 15) is 4.79 Å². The van der Waals surface area contributed by atoms with Crippen molar-refractivity contribution in [1.82, 2.24) is 10.2 Å². The molecule has 0 bridgehead atoms. The van der Waals surface area contributed by atoms with Crippen molar-refractivity contribution < 1.29 is 23.4 Å². The monoisotopic (exact) mass is 555 g/mol. The number of carbonyl (C=O) groups excluding carboxylic acids is 1. The molecule has 3 aliphatic rings. The zero-order valence-corrected chi connectivity index (χ0v) is 24.5. The molecular weight excluding hydrogens is 509 g/mol. The third kappa shape index (κ3) is 9.24. The predicted molar refractivity (Wildman–Crippen MR) is 158 cm³/mol. The highest BCUT2D eigenvalue weighted by Crippen LogP contribution is 2.33. The highest BCUT2D eigenvalue weighted by atomic mass is 19.1. The van der Waals surface area contributed by atoms with Gasteiger partial charge in [0.2, 0.25) is 5.91 Å². The predicted octanol–water partition coefficient (Wildman–Crippen LogP) is 5.50. The lowest BCUT2D eigenvalue weighted by Crippen LogP contribution is -2.37. The van der Waals surface area contributed by atoms with Gasteiger partial charge >= 0.3 is 0 Å². The Morgan fingerprint density at radius 2 is 2.00 bits per heavy atom.